The SMILES string of the molecule is COc1ccc(CN2CCOC(CN)C2)c(Cl)c1OC.Cl. The first-order chi connectivity index (χ1) is 9.69. The summed E-state index contributed by atoms with van der Waals surface area (Å²) in [5, 5.41) is 0.600. The number of ether oxygens (including phenoxy) is 3. The van der Waals surface area contributed by atoms with E-state index in [1.54, 1.807) is 14.2 Å². The van der Waals surface area contributed by atoms with Crippen LogP contribution in [0.5, 0.6) is 11.5 Å². The van der Waals surface area contributed by atoms with Gasteiger partial charge < -0.3 is 19.9 Å². The van der Waals surface area contributed by atoms with Crippen molar-refractivity contribution in [3.05, 3.63) is 22.7 Å². The first-order valence-electron chi connectivity index (χ1n) is 6.63. The van der Waals surface area contributed by atoms with Crippen LogP contribution in [0.15, 0.2) is 12.1 Å². The summed E-state index contributed by atoms with van der Waals surface area (Å²) in [6.45, 7) is 3.68. The minimum atomic E-state index is 0. The Morgan fingerprint density at radius 2 is 2.14 bits per heavy atom. The number of nitrogens with zero attached hydrogens (tertiary/aromatic N) is 1. The van der Waals surface area contributed by atoms with Crippen LogP contribution in [0.1, 0.15) is 5.56 Å². The lowest BCUT2D eigenvalue weighted by Gasteiger charge is -2.32. The fourth-order valence-electron chi connectivity index (χ4n) is 2.36. The summed E-state index contributed by atoms with van der Waals surface area (Å²) in [5.41, 5.74) is 6.67. The fraction of sp³-hybridized carbons (Fsp3) is 0.571. The smallest absolute Gasteiger partial charge is 0.179 e. The molecule has 2 N–H and O–H groups in total. The lowest BCUT2D eigenvalue weighted by molar-refractivity contribution is -0.0260. The molecule has 0 radical (unpaired) electrons. The number of hydrogen-bond donors (Lipinski definition) is 1. The fourth-order valence-corrected chi connectivity index (χ4v) is 2.65. The van der Waals surface area contributed by atoms with E-state index in [1.807, 2.05) is 12.1 Å². The highest BCUT2D eigenvalue weighted by molar-refractivity contribution is 6.33. The topological polar surface area (TPSA) is 57.0 Å². The van der Waals surface area contributed by atoms with E-state index in [0.29, 0.717) is 29.7 Å². The van der Waals surface area contributed by atoms with Crippen LogP contribution < -0.4 is 15.2 Å². The van der Waals surface area contributed by atoms with E-state index in [4.69, 9.17) is 31.5 Å². The molecule has 0 saturated carbocycles. The number of methoxy groups -OCH3 is 2. The third-order valence-electron chi connectivity index (χ3n) is 3.44. The average Bonchev–Trinajstić information content (AvgIpc) is 2.49. The molecule has 1 atom stereocenters. The molecule has 0 spiro atoms. The van der Waals surface area contributed by atoms with Crippen molar-refractivity contribution in [2.24, 2.45) is 5.73 Å². The second-order valence-corrected chi connectivity index (χ2v) is 5.12. The van der Waals surface area contributed by atoms with Gasteiger partial charge in [0.15, 0.2) is 11.5 Å². The summed E-state index contributed by atoms with van der Waals surface area (Å²) in [7, 11) is 3.19. The van der Waals surface area contributed by atoms with Gasteiger partial charge in [0, 0.05) is 26.2 Å². The summed E-state index contributed by atoms with van der Waals surface area (Å²) < 4.78 is 16.1. The summed E-state index contributed by atoms with van der Waals surface area (Å²) >= 11 is 6.39. The molecule has 21 heavy (non-hydrogen) atoms. The van der Waals surface area contributed by atoms with Crippen LogP contribution in [0.3, 0.4) is 0 Å². The third kappa shape index (κ3) is 4.37. The highest BCUT2D eigenvalue weighted by Gasteiger charge is 2.21. The summed E-state index contributed by atoms with van der Waals surface area (Å²) in [6.07, 6.45) is 0.0997. The maximum Gasteiger partial charge on any atom is 0.179 e. The molecular formula is C14H22Cl2N2O3. The molecule has 0 aromatic heterocycles. The molecule has 5 nitrogen and oxygen atoms in total. The second-order valence-electron chi connectivity index (χ2n) is 4.74. The molecule has 1 aliphatic heterocycles. The van der Waals surface area contributed by atoms with Crippen LogP contribution in [-0.4, -0.2) is 51.5 Å². The van der Waals surface area contributed by atoms with Gasteiger partial charge in [-0.05, 0) is 11.6 Å². The van der Waals surface area contributed by atoms with E-state index in [1.165, 1.54) is 0 Å². The van der Waals surface area contributed by atoms with Crippen LogP contribution in [-0.2, 0) is 11.3 Å². The zero-order valence-electron chi connectivity index (χ0n) is 12.3. The van der Waals surface area contributed by atoms with Gasteiger partial charge in [-0.15, -0.1) is 12.4 Å². The largest absolute Gasteiger partial charge is 0.493 e. The molecule has 1 fully saturated rings. The van der Waals surface area contributed by atoms with Crippen molar-refractivity contribution in [3.63, 3.8) is 0 Å². The third-order valence-corrected chi connectivity index (χ3v) is 3.86. The van der Waals surface area contributed by atoms with Gasteiger partial charge in [0.2, 0.25) is 0 Å². The Balaban J connectivity index is 0.00000220. The van der Waals surface area contributed by atoms with Crippen molar-refractivity contribution in [2.75, 3.05) is 40.5 Å². The summed E-state index contributed by atoms with van der Waals surface area (Å²) in [4.78, 5) is 2.29. The van der Waals surface area contributed by atoms with Gasteiger partial charge in [-0.2, -0.15) is 0 Å². The Morgan fingerprint density at radius 3 is 2.76 bits per heavy atom. The van der Waals surface area contributed by atoms with Gasteiger partial charge in [-0.3, -0.25) is 4.90 Å². The quantitative estimate of drug-likeness (QED) is 0.890. The summed E-state index contributed by atoms with van der Waals surface area (Å²) in [5.74, 6) is 1.22. The van der Waals surface area contributed by atoms with E-state index in [0.717, 1.165) is 25.2 Å². The molecule has 1 aromatic carbocycles. The monoisotopic (exact) mass is 336 g/mol. The lowest BCUT2D eigenvalue weighted by atomic mass is 10.1. The van der Waals surface area contributed by atoms with Crippen molar-refractivity contribution in [2.45, 2.75) is 12.6 Å². The highest BCUT2D eigenvalue weighted by Crippen LogP contribution is 2.37. The Morgan fingerprint density at radius 1 is 1.38 bits per heavy atom. The maximum absolute atomic E-state index is 6.39. The number of nitrogens with two attached hydrogens (primary N) is 1. The Labute approximate surface area is 136 Å². The van der Waals surface area contributed by atoms with Crippen LogP contribution in [0.2, 0.25) is 5.02 Å². The first-order valence-corrected chi connectivity index (χ1v) is 7.00. The molecule has 7 heteroatoms. The van der Waals surface area contributed by atoms with Crippen molar-refractivity contribution >= 4 is 24.0 Å². The molecule has 0 aliphatic carbocycles. The highest BCUT2D eigenvalue weighted by atomic mass is 35.5. The van der Waals surface area contributed by atoms with Gasteiger partial charge >= 0.3 is 0 Å². The zero-order chi connectivity index (χ0) is 14.5. The molecule has 1 unspecified atom stereocenters. The van der Waals surface area contributed by atoms with Gasteiger partial charge in [-0.1, -0.05) is 17.7 Å². The molecule has 1 heterocycles. The number of rotatable bonds is 5. The van der Waals surface area contributed by atoms with E-state index in [2.05, 4.69) is 4.90 Å². The Hall–Kier alpha value is -0.720. The molecule has 1 saturated heterocycles. The molecule has 120 valence electrons. The molecule has 0 amide bonds. The van der Waals surface area contributed by atoms with Crippen LogP contribution in [0.4, 0.5) is 0 Å². The van der Waals surface area contributed by atoms with Crippen LogP contribution in [0, 0.1) is 0 Å². The molecule has 1 aliphatic rings. The second kappa shape index (κ2) is 8.66. The van der Waals surface area contributed by atoms with Crippen molar-refractivity contribution < 1.29 is 14.2 Å². The van der Waals surface area contributed by atoms with Crippen molar-refractivity contribution in [3.8, 4) is 11.5 Å². The predicted octanol–water partition coefficient (Wildman–Crippen LogP) is 1.94. The van der Waals surface area contributed by atoms with Crippen molar-refractivity contribution in [1.82, 2.24) is 4.90 Å². The maximum atomic E-state index is 6.39. The molecule has 1 aromatic rings. The normalized spacial score (nSPS) is 19.0. The minimum absolute atomic E-state index is 0. The lowest BCUT2D eigenvalue weighted by Crippen LogP contribution is -2.45. The Bertz CT molecular complexity index is 460. The van der Waals surface area contributed by atoms with Gasteiger partial charge in [0.25, 0.3) is 0 Å². The van der Waals surface area contributed by atoms with E-state index >= 15 is 0 Å². The van der Waals surface area contributed by atoms with E-state index < -0.39 is 0 Å². The molecule has 2 rings (SSSR count). The Kier molecular flexibility index (Phi) is 7.56. The number of morpholine rings is 1. The van der Waals surface area contributed by atoms with Crippen LogP contribution in [0.25, 0.3) is 0 Å². The standard InChI is InChI=1S/C14H21ClN2O3.ClH/c1-18-12-4-3-10(13(15)14(12)19-2)8-17-5-6-20-11(7-16)9-17;/h3-4,11H,5-9,16H2,1-2H3;1H. The van der Waals surface area contributed by atoms with Gasteiger partial charge in [-0.25, -0.2) is 0 Å². The summed E-state index contributed by atoms with van der Waals surface area (Å²) in [6, 6.07) is 3.84. The number of benzene rings is 1. The molecule has 0 bridgehead atoms. The molecular weight excluding hydrogens is 315 g/mol. The minimum Gasteiger partial charge on any atom is -0.493 e. The number of hydrogen-bond acceptors (Lipinski definition) is 5. The number of halogens is 2. The van der Waals surface area contributed by atoms with Gasteiger partial charge in [0.05, 0.1) is 32.0 Å². The average molecular weight is 337 g/mol. The predicted molar refractivity (Wildman–Crippen MR) is 85.9 cm³/mol. The first kappa shape index (κ1) is 18.3. The van der Waals surface area contributed by atoms with Crippen LogP contribution >= 0.6 is 24.0 Å². The van der Waals surface area contributed by atoms with Gasteiger partial charge in [0.1, 0.15) is 0 Å². The van der Waals surface area contributed by atoms with Crippen molar-refractivity contribution in [1.29, 1.82) is 0 Å². The van der Waals surface area contributed by atoms with E-state index in [-0.39, 0.29) is 18.5 Å². The van der Waals surface area contributed by atoms with E-state index in [9.17, 15) is 0 Å². The zero-order valence-corrected chi connectivity index (χ0v) is 13.9.